The highest BCUT2D eigenvalue weighted by Gasteiger charge is 2.53. The molecule has 3 rings (SSSR count). The molecule has 0 aliphatic heterocycles. The van der Waals surface area contributed by atoms with Gasteiger partial charge < -0.3 is 15.8 Å². The number of benzene rings is 2. The molecule has 1 saturated carbocycles. The molecule has 0 bridgehead atoms. The number of halogens is 3. The Morgan fingerprint density at radius 1 is 1.28 bits per heavy atom. The first-order valence-electron chi connectivity index (χ1n) is 7.63. The second-order valence-corrected chi connectivity index (χ2v) is 6.10. The summed E-state index contributed by atoms with van der Waals surface area (Å²) in [5.41, 5.74) is 6.70. The second kappa shape index (κ2) is 7.55. The van der Waals surface area contributed by atoms with E-state index in [1.807, 2.05) is 24.3 Å². The molecule has 1 aliphatic carbocycles. The lowest BCUT2D eigenvalue weighted by molar-refractivity contribution is 0.405. The highest BCUT2D eigenvalue weighted by atomic mass is 127. The minimum atomic E-state index is -0.585. The highest BCUT2D eigenvalue weighted by Crippen LogP contribution is 2.53. The van der Waals surface area contributed by atoms with Crippen LogP contribution < -0.4 is 15.8 Å². The summed E-state index contributed by atoms with van der Waals surface area (Å²) in [5, 5.41) is 2.62. The molecule has 0 aromatic heterocycles. The first-order chi connectivity index (χ1) is 11.4. The Morgan fingerprint density at radius 2 is 2.00 bits per heavy atom. The zero-order valence-corrected chi connectivity index (χ0v) is 16.3. The summed E-state index contributed by atoms with van der Waals surface area (Å²) in [6.07, 6.45) is 0.807. The van der Waals surface area contributed by atoms with E-state index in [-0.39, 0.29) is 47.1 Å². The largest absolute Gasteiger partial charge is 0.496 e. The average molecular weight is 459 g/mol. The van der Waals surface area contributed by atoms with Gasteiger partial charge in [-0.05, 0) is 24.6 Å². The van der Waals surface area contributed by atoms with Gasteiger partial charge >= 0.3 is 0 Å². The van der Waals surface area contributed by atoms with E-state index in [2.05, 4.69) is 17.2 Å². The van der Waals surface area contributed by atoms with Crippen molar-refractivity contribution in [1.29, 1.82) is 0 Å². The van der Waals surface area contributed by atoms with Gasteiger partial charge in [0.05, 0.1) is 18.8 Å². The number of guanidine groups is 1. The molecule has 25 heavy (non-hydrogen) atoms. The molecule has 134 valence electrons. The molecule has 1 aliphatic rings. The number of rotatable bonds is 4. The fourth-order valence-electron chi connectivity index (χ4n) is 2.87. The number of nitrogens with one attached hydrogen (secondary N) is 1. The molecule has 0 spiro atoms. The van der Waals surface area contributed by atoms with Crippen molar-refractivity contribution in [3.63, 3.8) is 0 Å². The number of nitrogens with two attached hydrogens (primary N) is 1. The normalized spacial score (nSPS) is 22.1. The number of ether oxygens (including phenoxy) is 1. The van der Waals surface area contributed by atoms with E-state index in [0.29, 0.717) is 0 Å². The Kier molecular flexibility index (Phi) is 5.87. The number of aliphatic imine (C=N–C) groups is 1. The van der Waals surface area contributed by atoms with E-state index in [4.69, 9.17) is 10.5 Å². The first kappa shape index (κ1) is 19.4. The maximum absolute atomic E-state index is 13.6. The van der Waals surface area contributed by atoms with Crippen LogP contribution in [0.3, 0.4) is 0 Å². The first-order valence-corrected chi connectivity index (χ1v) is 7.63. The molecular weight excluding hydrogens is 439 g/mol. The van der Waals surface area contributed by atoms with E-state index < -0.39 is 11.6 Å². The Hall–Kier alpha value is -1.90. The number of para-hydroxylation sites is 1. The predicted molar refractivity (Wildman–Crippen MR) is 106 cm³/mol. The van der Waals surface area contributed by atoms with Crippen LogP contribution in [-0.4, -0.2) is 19.1 Å². The number of anilines is 1. The summed E-state index contributed by atoms with van der Waals surface area (Å²) >= 11 is 0. The molecule has 0 heterocycles. The van der Waals surface area contributed by atoms with Gasteiger partial charge in [-0.1, -0.05) is 25.1 Å². The van der Waals surface area contributed by atoms with E-state index in [1.54, 1.807) is 7.11 Å². The molecule has 4 nitrogen and oxygen atoms in total. The van der Waals surface area contributed by atoms with Crippen LogP contribution in [0.15, 0.2) is 47.5 Å². The number of nitrogens with zero attached hydrogens (tertiary/aromatic N) is 1. The van der Waals surface area contributed by atoms with Crippen molar-refractivity contribution >= 4 is 35.6 Å². The van der Waals surface area contributed by atoms with Crippen LogP contribution >= 0.6 is 24.0 Å². The van der Waals surface area contributed by atoms with Crippen molar-refractivity contribution in [3.05, 3.63) is 59.7 Å². The molecule has 2 atom stereocenters. The number of hydrogen-bond acceptors (Lipinski definition) is 2. The van der Waals surface area contributed by atoms with Gasteiger partial charge in [-0.15, -0.1) is 24.0 Å². The van der Waals surface area contributed by atoms with Crippen LogP contribution in [0.1, 0.15) is 18.9 Å². The third-order valence-corrected chi connectivity index (χ3v) is 4.40. The average Bonchev–Trinajstić information content (AvgIpc) is 3.21. The predicted octanol–water partition coefficient (Wildman–Crippen LogP) is 4.05. The van der Waals surface area contributed by atoms with Gasteiger partial charge in [0.25, 0.3) is 0 Å². The molecule has 3 N–H and O–H groups in total. The van der Waals surface area contributed by atoms with Gasteiger partial charge in [-0.25, -0.2) is 13.8 Å². The Labute approximate surface area is 162 Å². The summed E-state index contributed by atoms with van der Waals surface area (Å²) in [5.74, 6) is -0.265. The van der Waals surface area contributed by atoms with E-state index >= 15 is 0 Å². The summed E-state index contributed by atoms with van der Waals surface area (Å²) in [7, 11) is 1.63. The van der Waals surface area contributed by atoms with Crippen LogP contribution in [-0.2, 0) is 5.41 Å². The van der Waals surface area contributed by atoms with Crippen molar-refractivity contribution in [1.82, 2.24) is 0 Å². The van der Waals surface area contributed by atoms with Gasteiger partial charge in [0, 0.05) is 17.0 Å². The van der Waals surface area contributed by atoms with Gasteiger partial charge in [0.2, 0.25) is 0 Å². The van der Waals surface area contributed by atoms with Crippen molar-refractivity contribution < 1.29 is 13.5 Å². The third kappa shape index (κ3) is 4.02. The summed E-state index contributed by atoms with van der Waals surface area (Å²) < 4.78 is 32.2. The second-order valence-electron chi connectivity index (χ2n) is 6.10. The van der Waals surface area contributed by atoms with Gasteiger partial charge in [-0.2, -0.15) is 0 Å². The number of hydrogen-bond donors (Lipinski definition) is 2. The lowest BCUT2D eigenvalue weighted by atomic mass is 9.96. The monoisotopic (exact) mass is 459 g/mol. The molecule has 2 unspecified atom stereocenters. The molecule has 0 amide bonds. The lowest BCUT2D eigenvalue weighted by Gasteiger charge is -2.15. The van der Waals surface area contributed by atoms with Crippen LogP contribution in [0.5, 0.6) is 5.75 Å². The fraction of sp³-hybridized carbons (Fsp3) is 0.278. The Balaban J connectivity index is 0.00000225. The van der Waals surface area contributed by atoms with Crippen molar-refractivity contribution in [3.8, 4) is 5.75 Å². The fourth-order valence-corrected chi connectivity index (χ4v) is 2.87. The molecule has 7 heteroatoms. The van der Waals surface area contributed by atoms with Crippen LogP contribution in [0.25, 0.3) is 0 Å². The summed E-state index contributed by atoms with van der Waals surface area (Å²) in [4.78, 5) is 4.40. The smallest absolute Gasteiger partial charge is 0.193 e. The molecular formula is C18H20F2IN3O. The summed E-state index contributed by atoms with van der Waals surface area (Å²) in [6, 6.07) is 10.9. The van der Waals surface area contributed by atoms with Crippen LogP contribution in [0.4, 0.5) is 14.5 Å². The maximum atomic E-state index is 13.6. The van der Waals surface area contributed by atoms with Crippen LogP contribution in [0, 0.1) is 11.6 Å². The zero-order valence-electron chi connectivity index (χ0n) is 13.9. The number of methoxy groups -OCH3 is 1. The molecule has 2 aromatic carbocycles. The standard InChI is InChI=1S/C18H19F2N3O.HI/c1-18(12-5-3-4-6-15(12)24-2)10-16(18)23-17(21)22-14-9-11(19)7-8-13(14)20;/h3-9,16H,10H2,1-2H3,(H3,21,22,23);1H. The molecule has 1 fully saturated rings. The minimum Gasteiger partial charge on any atom is -0.496 e. The topological polar surface area (TPSA) is 59.6 Å². The van der Waals surface area contributed by atoms with Crippen molar-refractivity contribution in [2.75, 3.05) is 12.4 Å². The maximum Gasteiger partial charge on any atom is 0.193 e. The van der Waals surface area contributed by atoms with E-state index in [0.717, 1.165) is 35.9 Å². The highest BCUT2D eigenvalue weighted by molar-refractivity contribution is 14.0. The van der Waals surface area contributed by atoms with Crippen molar-refractivity contribution in [2.45, 2.75) is 24.8 Å². The molecule has 2 aromatic rings. The SMILES string of the molecule is COc1ccccc1C1(C)CC1N=C(N)Nc1cc(F)ccc1F.I. The molecule has 0 saturated heterocycles. The quantitative estimate of drug-likeness (QED) is 0.412. The molecule has 0 radical (unpaired) electrons. The van der Waals surface area contributed by atoms with Gasteiger partial charge in [0.1, 0.15) is 17.4 Å². The Bertz CT molecular complexity index is 800. The minimum absolute atomic E-state index is 0. The third-order valence-electron chi connectivity index (χ3n) is 4.40. The van der Waals surface area contributed by atoms with E-state index in [9.17, 15) is 8.78 Å². The van der Waals surface area contributed by atoms with Gasteiger partial charge in [-0.3, -0.25) is 0 Å². The van der Waals surface area contributed by atoms with Crippen molar-refractivity contribution in [2.24, 2.45) is 10.7 Å². The van der Waals surface area contributed by atoms with E-state index in [1.165, 1.54) is 0 Å². The Morgan fingerprint density at radius 3 is 2.72 bits per heavy atom. The lowest BCUT2D eigenvalue weighted by Crippen LogP contribution is -2.24. The zero-order chi connectivity index (χ0) is 17.3. The van der Waals surface area contributed by atoms with Gasteiger partial charge in [0.15, 0.2) is 5.96 Å². The summed E-state index contributed by atoms with van der Waals surface area (Å²) in [6.45, 7) is 2.08. The van der Waals surface area contributed by atoms with Crippen LogP contribution in [0.2, 0.25) is 0 Å².